The van der Waals surface area contributed by atoms with Crippen molar-refractivity contribution >= 4 is 5.57 Å². The second-order valence-corrected chi connectivity index (χ2v) is 2.93. The van der Waals surface area contributed by atoms with Crippen molar-refractivity contribution in [2.24, 2.45) is 0 Å². The van der Waals surface area contributed by atoms with Crippen LogP contribution in [0.15, 0.2) is 35.9 Å². The molecule has 64 valence electrons. The number of rotatable bonds is 2. The SMILES string of the molecule is CC(CO)=C(C)c1ccccc1. The summed E-state index contributed by atoms with van der Waals surface area (Å²) in [5.41, 5.74) is 3.38. The molecule has 0 aliphatic rings. The Balaban J connectivity index is 3.00. The zero-order valence-corrected chi connectivity index (χ0v) is 7.54. The molecule has 0 heterocycles. The fraction of sp³-hybridized carbons (Fsp3) is 0.273. The largest absolute Gasteiger partial charge is 0.392 e. The molecule has 1 heteroatoms. The first-order valence-electron chi connectivity index (χ1n) is 4.08. The molecule has 12 heavy (non-hydrogen) atoms. The highest BCUT2D eigenvalue weighted by Crippen LogP contribution is 2.16. The molecule has 0 spiro atoms. The minimum absolute atomic E-state index is 0.140. The Morgan fingerprint density at radius 1 is 1.17 bits per heavy atom. The molecule has 0 aliphatic heterocycles. The Morgan fingerprint density at radius 2 is 1.75 bits per heavy atom. The molecule has 0 fully saturated rings. The molecule has 1 aromatic carbocycles. The Labute approximate surface area is 73.4 Å². The predicted octanol–water partition coefficient (Wildman–Crippen LogP) is 2.47. The zero-order valence-electron chi connectivity index (χ0n) is 7.54. The third-order valence-corrected chi connectivity index (χ3v) is 2.08. The van der Waals surface area contributed by atoms with Crippen LogP contribution in [0.5, 0.6) is 0 Å². The summed E-state index contributed by atoms with van der Waals surface area (Å²) in [7, 11) is 0. The molecular weight excluding hydrogens is 148 g/mol. The maximum Gasteiger partial charge on any atom is 0.0644 e. The van der Waals surface area contributed by atoms with Gasteiger partial charge in [-0.1, -0.05) is 30.3 Å². The topological polar surface area (TPSA) is 20.2 Å². The fourth-order valence-electron chi connectivity index (χ4n) is 1.05. The van der Waals surface area contributed by atoms with Gasteiger partial charge in [-0.25, -0.2) is 0 Å². The van der Waals surface area contributed by atoms with E-state index in [-0.39, 0.29) is 6.61 Å². The van der Waals surface area contributed by atoms with Crippen molar-refractivity contribution in [3.05, 3.63) is 41.5 Å². The molecule has 1 rings (SSSR count). The molecule has 0 amide bonds. The third kappa shape index (κ3) is 1.95. The van der Waals surface area contributed by atoms with Gasteiger partial charge in [0.1, 0.15) is 0 Å². The Kier molecular flexibility index (Phi) is 3.06. The van der Waals surface area contributed by atoms with Gasteiger partial charge in [0.15, 0.2) is 0 Å². The molecule has 0 saturated carbocycles. The van der Waals surface area contributed by atoms with Crippen molar-refractivity contribution in [1.29, 1.82) is 0 Å². The Morgan fingerprint density at radius 3 is 2.25 bits per heavy atom. The summed E-state index contributed by atoms with van der Waals surface area (Å²) in [6.07, 6.45) is 0. The molecule has 1 N–H and O–H groups in total. The highest BCUT2D eigenvalue weighted by Gasteiger charge is 1.97. The van der Waals surface area contributed by atoms with E-state index < -0.39 is 0 Å². The van der Waals surface area contributed by atoms with E-state index in [0.29, 0.717) is 0 Å². The van der Waals surface area contributed by atoms with E-state index in [2.05, 4.69) is 12.1 Å². The molecule has 0 radical (unpaired) electrons. The van der Waals surface area contributed by atoms with Crippen LogP contribution in [-0.2, 0) is 0 Å². The van der Waals surface area contributed by atoms with E-state index in [4.69, 9.17) is 5.11 Å². The lowest BCUT2D eigenvalue weighted by Crippen LogP contribution is -1.89. The molecule has 0 unspecified atom stereocenters. The number of aliphatic hydroxyl groups excluding tert-OH is 1. The van der Waals surface area contributed by atoms with Crippen molar-refractivity contribution in [3.63, 3.8) is 0 Å². The highest BCUT2D eigenvalue weighted by atomic mass is 16.3. The standard InChI is InChI=1S/C11H14O/c1-9(8-12)10(2)11-6-4-3-5-7-11/h3-7,12H,8H2,1-2H3. The summed E-state index contributed by atoms with van der Waals surface area (Å²) in [6.45, 7) is 4.12. The third-order valence-electron chi connectivity index (χ3n) is 2.08. The smallest absolute Gasteiger partial charge is 0.0644 e. The van der Waals surface area contributed by atoms with Gasteiger partial charge in [-0.2, -0.15) is 0 Å². The van der Waals surface area contributed by atoms with Gasteiger partial charge >= 0.3 is 0 Å². The van der Waals surface area contributed by atoms with Gasteiger partial charge in [0, 0.05) is 0 Å². The van der Waals surface area contributed by atoms with Crippen molar-refractivity contribution in [2.75, 3.05) is 6.61 Å². The number of benzene rings is 1. The summed E-state index contributed by atoms with van der Waals surface area (Å²) in [6, 6.07) is 10.1. The minimum Gasteiger partial charge on any atom is -0.392 e. The normalized spacial score (nSPS) is 12.6. The number of aliphatic hydroxyl groups is 1. The average Bonchev–Trinajstić information content (AvgIpc) is 2.17. The summed E-state index contributed by atoms with van der Waals surface area (Å²) >= 11 is 0. The van der Waals surface area contributed by atoms with Crippen LogP contribution in [0.25, 0.3) is 5.57 Å². The van der Waals surface area contributed by atoms with E-state index in [1.165, 1.54) is 5.56 Å². The van der Waals surface area contributed by atoms with Crippen LogP contribution >= 0.6 is 0 Å². The molecule has 1 nitrogen and oxygen atoms in total. The number of hydrogen-bond acceptors (Lipinski definition) is 1. The van der Waals surface area contributed by atoms with E-state index in [1.807, 2.05) is 32.0 Å². The van der Waals surface area contributed by atoms with Crippen molar-refractivity contribution in [1.82, 2.24) is 0 Å². The molecule has 0 aromatic heterocycles. The van der Waals surface area contributed by atoms with Crippen LogP contribution in [0.4, 0.5) is 0 Å². The van der Waals surface area contributed by atoms with Crippen LogP contribution < -0.4 is 0 Å². The summed E-state index contributed by atoms with van der Waals surface area (Å²) in [4.78, 5) is 0. The molecule has 0 bridgehead atoms. The van der Waals surface area contributed by atoms with E-state index in [9.17, 15) is 0 Å². The lowest BCUT2D eigenvalue weighted by atomic mass is 10.0. The van der Waals surface area contributed by atoms with E-state index >= 15 is 0 Å². The molecule has 1 aromatic rings. The van der Waals surface area contributed by atoms with Crippen LogP contribution in [0.2, 0.25) is 0 Å². The number of hydrogen-bond donors (Lipinski definition) is 1. The zero-order chi connectivity index (χ0) is 8.97. The van der Waals surface area contributed by atoms with Crippen molar-refractivity contribution in [3.8, 4) is 0 Å². The second-order valence-electron chi connectivity index (χ2n) is 2.93. The Bertz CT molecular complexity index is 272. The Hall–Kier alpha value is -1.08. The lowest BCUT2D eigenvalue weighted by molar-refractivity contribution is 0.332. The van der Waals surface area contributed by atoms with Gasteiger partial charge in [0.2, 0.25) is 0 Å². The van der Waals surface area contributed by atoms with Gasteiger partial charge in [0.25, 0.3) is 0 Å². The first kappa shape index (κ1) is 9.01. The monoisotopic (exact) mass is 162 g/mol. The van der Waals surface area contributed by atoms with E-state index in [0.717, 1.165) is 11.1 Å². The fourth-order valence-corrected chi connectivity index (χ4v) is 1.05. The summed E-state index contributed by atoms with van der Waals surface area (Å²) in [5.74, 6) is 0. The van der Waals surface area contributed by atoms with Crippen LogP contribution in [0, 0.1) is 0 Å². The summed E-state index contributed by atoms with van der Waals surface area (Å²) < 4.78 is 0. The minimum atomic E-state index is 0.140. The molecule has 0 aliphatic carbocycles. The average molecular weight is 162 g/mol. The molecule has 0 saturated heterocycles. The van der Waals surface area contributed by atoms with Crippen LogP contribution in [0.1, 0.15) is 19.4 Å². The van der Waals surface area contributed by atoms with Crippen LogP contribution in [0.3, 0.4) is 0 Å². The van der Waals surface area contributed by atoms with Gasteiger partial charge in [0.05, 0.1) is 6.61 Å². The van der Waals surface area contributed by atoms with Crippen molar-refractivity contribution in [2.45, 2.75) is 13.8 Å². The second kappa shape index (κ2) is 4.07. The van der Waals surface area contributed by atoms with Crippen molar-refractivity contribution < 1.29 is 5.11 Å². The molecular formula is C11H14O. The van der Waals surface area contributed by atoms with Gasteiger partial charge in [-0.3, -0.25) is 0 Å². The van der Waals surface area contributed by atoms with Crippen LogP contribution in [-0.4, -0.2) is 11.7 Å². The van der Waals surface area contributed by atoms with Gasteiger partial charge in [-0.15, -0.1) is 0 Å². The lowest BCUT2D eigenvalue weighted by Gasteiger charge is -2.04. The maximum atomic E-state index is 8.91. The van der Waals surface area contributed by atoms with Gasteiger partial charge in [-0.05, 0) is 30.6 Å². The first-order valence-corrected chi connectivity index (χ1v) is 4.08. The predicted molar refractivity (Wildman–Crippen MR) is 51.8 cm³/mol. The van der Waals surface area contributed by atoms with Gasteiger partial charge < -0.3 is 5.11 Å². The highest BCUT2D eigenvalue weighted by molar-refractivity contribution is 5.66. The molecule has 0 atom stereocenters. The summed E-state index contributed by atoms with van der Waals surface area (Å²) in [5, 5.41) is 8.91. The first-order chi connectivity index (χ1) is 5.75. The quantitative estimate of drug-likeness (QED) is 0.708. The maximum absolute atomic E-state index is 8.91. The van der Waals surface area contributed by atoms with E-state index in [1.54, 1.807) is 0 Å². The number of allylic oxidation sites excluding steroid dienone is 1.